The maximum Gasteiger partial charge on any atom is 0.247 e. The maximum atomic E-state index is 8.83. The summed E-state index contributed by atoms with van der Waals surface area (Å²) in [5, 5.41) is 20.2. The third-order valence-electron chi connectivity index (χ3n) is 3.94. The van der Waals surface area contributed by atoms with E-state index in [-0.39, 0.29) is 0 Å². The predicted molar refractivity (Wildman–Crippen MR) is 88.6 cm³/mol. The van der Waals surface area contributed by atoms with Gasteiger partial charge < -0.3 is 15.1 Å². The van der Waals surface area contributed by atoms with Gasteiger partial charge in [-0.3, -0.25) is 0 Å². The second-order valence-electron chi connectivity index (χ2n) is 5.38. The van der Waals surface area contributed by atoms with Crippen LogP contribution < -0.4 is 10.2 Å². The summed E-state index contributed by atoms with van der Waals surface area (Å²) < 4.78 is 0. The summed E-state index contributed by atoms with van der Waals surface area (Å²) in [5.74, 6) is 1.30. The molecule has 1 fully saturated rings. The zero-order valence-corrected chi connectivity index (χ0v) is 13.1. The van der Waals surface area contributed by atoms with Gasteiger partial charge in [0.15, 0.2) is 5.82 Å². The lowest BCUT2D eigenvalue weighted by molar-refractivity contribution is 0.269. The van der Waals surface area contributed by atoms with Crippen LogP contribution in [-0.2, 0) is 0 Å². The molecule has 1 aromatic carbocycles. The van der Waals surface area contributed by atoms with Crippen molar-refractivity contribution in [2.24, 2.45) is 0 Å². The molecule has 0 atom stereocenters. The fourth-order valence-corrected chi connectivity index (χ4v) is 2.53. The van der Waals surface area contributed by atoms with E-state index in [2.05, 4.69) is 43.3 Å². The Morgan fingerprint density at radius 2 is 1.91 bits per heavy atom. The molecule has 1 saturated heterocycles. The van der Waals surface area contributed by atoms with Crippen molar-refractivity contribution >= 4 is 17.5 Å². The van der Waals surface area contributed by atoms with Gasteiger partial charge in [0.2, 0.25) is 5.95 Å². The molecule has 118 valence electrons. The smallest absolute Gasteiger partial charge is 0.247 e. The van der Waals surface area contributed by atoms with Gasteiger partial charge >= 0.3 is 0 Å². The number of anilines is 3. The first-order valence-electron chi connectivity index (χ1n) is 7.72. The highest BCUT2D eigenvalue weighted by atomic mass is 15.4. The van der Waals surface area contributed by atoms with Crippen molar-refractivity contribution in [1.29, 1.82) is 5.26 Å². The number of nitrogens with zero attached hydrogens (tertiary/aromatic N) is 6. The second-order valence-corrected chi connectivity index (χ2v) is 5.38. The molecule has 0 unspecified atom stereocenters. The lowest BCUT2D eigenvalue weighted by Crippen LogP contribution is -2.46. The van der Waals surface area contributed by atoms with Crippen LogP contribution in [0.4, 0.5) is 17.5 Å². The normalized spacial score (nSPS) is 15.2. The molecular formula is C16H19N7. The van der Waals surface area contributed by atoms with Crippen molar-refractivity contribution in [2.75, 3.05) is 42.9 Å². The van der Waals surface area contributed by atoms with Gasteiger partial charge in [-0.2, -0.15) is 15.3 Å². The summed E-state index contributed by atoms with van der Waals surface area (Å²) in [6.07, 6.45) is 1.60. The number of rotatable bonds is 4. The molecule has 0 amide bonds. The van der Waals surface area contributed by atoms with E-state index in [1.165, 1.54) is 0 Å². The van der Waals surface area contributed by atoms with E-state index in [4.69, 9.17) is 5.26 Å². The molecule has 1 aromatic heterocycles. The predicted octanol–water partition coefficient (Wildman–Crippen LogP) is 1.63. The van der Waals surface area contributed by atoms with Gasteiger partial charge in [0.1, 0.15) is 0 Å². The fraction of sp³-hybridized carbons (Fsp3) is 0.375. The molecule has 0 saturated carbocycles. The Kier molecular flexibility index (Phi) is 4.64. The third-order valence-corrected chi connectivity index (χ3v) is 3.94. The molecule has 7 nitrogen and oxygen atoms in total. The fourth-order valence-electron chi connectivity index (χ4n) is 2.53. The lowest BCUT2D eigenvalue weighted by Gasteiger charge is -2.33. The standard InChI is InChI=1S/C16H19N7/c1-2-22-7-9-23(10-8-22)16-20-15(12-18-21-16)19-14-5-3-13(11-17)4-6-14/h3-6,12H,2,7-10H2,1H3,(H,19,20,21). The van der Waals surface area contributed by atoms with Gasteiger partial charge in [-0.05, 0) is 30.8 Å². The second kappa shape index (κ2) is 7.03. The largest absolute Gasteiger partial charge is 0.339 e. The van der Waals surface area contributed by atoms with E-state index in [9.17, 15) is 0 Å². The lowest BCUT2D eigenvalue weighted by atomic mass is 10.2. The molecule has 0 bridgehead atoms. The number of piperazine rings is 1. The first-order chi connectivity index (χ1) is 11.3. The van der Waals surface area contributed by atoms with Crippen LogP contribution in [0.2, 0.25) is 0 Å². The first-order valence-corrected chi connectivity index (χ1v) is 7.72. The quantitative estimate of drug-likeness (QED) is 0.919. The van der Waals surface area contributed by atoms with Crippen molar-refractivity contribution in [3.8, 4) is 6.07 Å². The van der Waals surface area contributed by atoms with Crippen molar-refractivity contribution in [3.63, 3.8) is 0 Å². The van der Waals surface area contributed by atoms with Crippen LogP contribution in [0.1, 0.15) is 12.5 Å². The van der Waals surface area contributed by atoms with E-state index in [0.717, 1.165) is 38.4 Å². The number of likely N-dealkylation sites (N-methyl/N-ethyl adjacent to an activating group) is 1. The minimum atomic E-state index is 0.630. The van der Waals surface area contributed by atoms with Crippen molar-refractivity contribution in [1.82, 2.24) is 20.1 Å². The molecule has 0 spiro atoms. The summed E-state index contributed by atoms with van der Waals surface area (Å²) in [6, 6.07) is 9.33. The Balaban J connectivity index is 1.68. The minimum absolute atomic E-state index is 0.630. The Morgan fingerprint density at radius 3 is 2.57 bits per heavy atom. The van der Waals surface area contributed by atoms with Gasteiger partial charge in [0.25, 0.3) is 0 Å². The summed E-state index contributed by atoms with van der Waals surface area (Å²) in [7, 11) is 0. The van der Waals surface area contributed by atoms with Crippen LogP contribution in [0, 0.1) is 11.3 Å². The average molecular weight is 309 g/mol. The van der Waals surface area contributed by atoms with Crippen LogP contribution in [0.25, 0.3) is 0 Å². The van der Waals surface area contributed by atoms with Gasteiger partial charge in [0.05, 0.1) is 17.8 Å². The van der Waals surface area contributed by atoms with Crippen LogP contribution >= 0.6 is 0 Å². The van der Waals surface area contributed by atoms with Crippen molar-refractivity contribution < 1.29 is 0 Å². The number of hydrogen-bond acceptors (Lipinski definition) is 7. The molecule has 23 heavy (non-hydrogen) atoms. The molecule has 0 aliphatic carbocycles. The van der Waals surface area contributed by atoms with Gasteiger partial charge in [-0.15, -0.1) is 5.10 Å². The van der Waals surface area contributed by atoms with E-state index < -0.39 is 0 Å². The van der Waals surface area contributed by atoms with E-state index >= 15 is 0 Å². The highest BCUT2D eigenvalue weighted by Gasteiger charge is 2.18. The molecule has 0 radical (unpaired) electrons. The summed E-state index contributed by atoms with van der Waals surface area (Å²) in [5.41, 5.74) is 1.50. The highest BCUT2D eigenvalue weighted by Crippen LogP contribution is 2.17. The Bertz CT molecular complexity index is 684. The summed E-state index contributed by atoms with van der Waals surface area (Å²) in [6.45, 7) is 7.12. The summed E-state index contributed by atoms with van der Waals surface area (Å²) in [4.78, 5) is 9.10. The molecule has 2 heterocycles. The Morgan fingerprint density at radius 1 is 1.17 bits per heavy atom. The Hall–Kier alpha value is -2.72. The topological polar surface area (TPSA) is 81.0 Å². The SMILES string of the molecule is CCN1CCN(c2nncc(Nc3ccc(C#N)cc3)n2)CC1. The maximum absolute atomic E-state index is 8.83. The van der Waals surface area contributed by atoms with Crippen LogP contribution in [0.5, 0.6) is 0 Å². The zero-order chi connectivity index (χ0) is 16.1. The molecular weight excluding hydrogens is 290 g/mol. The number of aromatic nitrogens is 3. The first kappa shape index (κ1) is 15.2. The van der Waals surface area contributed by atoms with Crippen LogP contribution in [0.15, 0.2) is 30.5 Å². The van der Waals surface area contributed by atoms with E-state index in [0.29, 0.717) is 17.3 Å². The van der Waals surface area contributed by atoms with Crippen molar-refractivity contribution in [3.05, 3.63) is 36.0 Å². The molecule has 1 N–H and O–H groups in total. The molecule has 1 aliphatic rings. The summed E-state index contributed by atoms with van der Waals surface area (Å²) >= 11 is 0. The van der Waals surface area contributed by atoms with E-state index in [1.807, 2.05) is 12.1 Å². The van der Waals surface area contributed by atoms with Crippen LogP contribution in [0.3, 0.4) is 0 Å². The number of nitrogens with one attached hydrogen (secondary N) is 1. The van der Waals surface area contributed by atoms with Crippen molar-refractivity contribution in [2.45, 2.75) is 6.92 Å². The molecule has 1 aliphatic heterocycles. The Labute approximate surface area is 135 Å². The number of benzene rings is 1. The zero-order valence-electron chi connectivity index (χ0n) is 13.1. The average Bonchev–Trinajstić information content (AvgIpc) is 2.63. The highest BCUT2D eigenvalue weighted by molar-refractivity contribution is 5.57. The molecule has 3 rings (SSSR count). The molecule has 2 aromatic rings. The minimum Gasteiger partial charge on any atom is -0.339 e. The third kappa shape index (κ3) is 3.73. The number of hydrogen-bond donors (Lipinski definition) is 1. The number of nitriles is 1. The monoisotopic (exact) mass is 309 g/mol. The van der Waals surface area contributed by atoms with Gasteiger partial charge in [-0.1, -0.05) is 6.92 Å². The van der Waals surface area contributed by atoms with E-state index in [1.54, 1.807) is 18.3 Å². The van der Waals surface area contributed by atoms with Gasteiger partial charge in [-0.25, -0.2) is 0 Å². The van der Waals surface area contributed by atoms with Gasteiger partial charge in [0, 0.05) is 31.9 Å². The van der Waals surface area contributed by atoms with Crippen LogP contribution in [-0.4, -0.2) is 52.8 Å². The molecule has 7 heteroatoms.